The van der Waals surface area contributed by atoms with E-state index in [4.69, 9.17) is 0 Å². The molecule has 0 fully saturated rings. The van der Waals surface area contributed by atoms with Gasteiger partial charge in [-0.2, -0.15) is 0 Å². The predicted molar refractivity (Wildman–Crippen MR) is 64.7 cm³/mol. The minimum Gasteiger partial charge on any atom is -0.0801 e. The predicted octanol–water partition coefficient (Wildman–Crippen LogP) is 3.82. The van der Waals surface area contributed by atoms with Gasteiger partial charge in [0.2, 0.25) is 0 Å². The van der Waals surface area contributed by atoms with Gasteiger partial charge in [-0.25, -0.2) is 0 Å². The maximum atomic E-state index is 2.32. The van der Waals surface area contributed by atoms with E-state index in [0.29, 0.717) is 0 Å². The fourth-order valence-corrected chi connectivity index (χ4v) is 2.48. The molecule has 15 heavy (non-hydrogen) atoms. The summed E-state index contributed by atoms with van der Waals surface area (Å²) in [6.45, 7) is 2.17. The first-order valence-electron chi connectivity index (χ1n) is 5.50. The van der Waals surface area contributed by atoms with Crippen LogP contribution in [0.5, 0.6) is 0 Å². The highest BCUT2D eigenvalue weighted by Gasteiger charge is 2.19. The maximum absolute atomic E-state index is 2.32. The average Bonchev–Trinajstić information content (AvgIpc) is 2.42. The van der Waals surface area contributed by atoms with E-state index < -0.39 is 0 Å². The molecule has 0 saturated carbocycles. The van der Waals surface area contributed by atoms with Gasteiger partial charge in [-0.1, -0.05) is 48.1 Å². The van der Waals surface area contributed by atoms with Crippen LogP contribution in [0.25, 0.3) is 5.57 Å². The number of benzene rings is 1. The molecule has 0 N–H and O–H groups in total. The third kappa shape index (κ3) is 1.37. The van der Waals surface area contributed by atoms with E-state index in [1.807, 2.05) is 0 Å². The summed E-state index contributed by atoms with van der Waals surface area (Å²) in [6.07, 6.45) is 11.0. The van der Waals surface area contributed by atoms with E-state index in [2.05, 4.69) is 49.4 Å². The number of allylic oxidation sites excluding steroid dienone is 6. The third-order valence-corrected chi connectivity index (χ3v) is 3.22. The van der Waals surface area contributed by atoms with E-state index in [1.165, 1.54) is 27.8 Å². The van der Waals surface area contributed by atoms with Gasteiger partial charge in [-0.3, -0.25) is 0 Å². The fraction of sp³-hybridized carbons (Fsp3) is 0.200. The molecule has 0 aliphatic heterocycles. The molecule has 74 valence electrons. The Balaban J connectivity index is 2.13. The summed E-state index contributed by atoms with van der Waals surface area (Å²) in [4.78, 5) is 0. The van der Waals surface area contributed by atoms with Crippen molar-refractivity contribution >= 4 is 5.57 Å². The Hall–Kier alpha value is -1.56. The van der Waals surface area contributed by atoms with E-state index in [0.717, 1.165) is 12.8 Å². The first-order valence-corrected chi connectivity index (χ1v) is 5.50. The zero-order chi connectivity index (χ0) is 10.3. The highest BCUT2D eigenvalue weighted by molar-refractivity contribution is 5.80. The summed E-state index contributed by atoms with van der Waals surface area (Å²) in [5.41, 5.74) is 7.35. The Morgan fingerprint density at radius 3 is 3.00 bits per heavy atom. The lowest BCUT2D eigenvalue weighted by molar-refractivity contribution is 1.23. The SMILES string of the molecule is Cc1ccc2c(c1)CC1=C2CC=CC=C1. The fourth-order valence-electron chi connectivity index (χ4n) is 2.48. The van der Waals surface area contributed by atoms with Crippen molar-refractivity contribution < 1.29 is 0 Å². The second-order valence-corrected chi connectivity index (χ2v) is 4.33. The van der Waals surface area contributed by atoms with Gasteiger partial charge in [-0.05, 0) is 42.0 Å². The largest absolute Gasteiger partial charge is 0.0801 e. The van der Waals surface area contributed by atoms with Crippen molar-refractivity contribution in [2.75, 3.05) is 0 Å². The topological polar surface area (TPSA) is 0 Å². The normalized spacial score (nSPS) is 17.7. The van der Waals surface area contributed by atoms with E-state index in [9.17, 15) is 0 Å². The molecule has 2 aliphatic rings. The minimum atomic E-state index is 1.08. The summed E-state index contributed by atoms with van der Waals surface area (Å²) >= 11 is 0. The van der Waals surface area contributed by atoms with Gasteiger partial charge in [0.25, 0.3) is 0 Å². The van der Waals surface area contributed by atoms with Gasteiger partial charge in [-0.15, -0.1) is 0 Å². The van der Waals surface area contributed by atoms with Crippen LogP contribution in [0.15, 0.2) is 48.1 Å². The third-order valence-electron chi connectivity index (χ3n) is 3.22. The molecule has 1 aromatic carbocycles. The van der Waals surface area contributed by atoms with Gasteiger partial charge < -0.3 is 0 Å². The summed E-state index contributed by atoms with van der Waals surface area (Å²) < 4.78 is 0. The molecule has 0 radical (unpaired) electrons. The van der Waals surface area contributed by atoms with Gasteiger partial charge in [0.05, 0.1) is 0 Å². The molecule has 0 amide bonds. The highest BCUT2D eigenvalue weighted by Crippen LogP contribution is 2.37. The lowest BCUT2D eigenvalue weighted by Crippen LogP contribution is -1.85. The molecule has 0 bridgehead atoms. The van der Waals surface area contributed by atoms with Gasteiger partial charge in [0.1, 0.15) is 0 Å². The number of rotatable bonds is 0. The van der Waals surface area contributed by atoms with Crippen LogP contribution in [0.4, 0.5) is 0 Å². The van der Waals surface area contributed by atoms with Crippen molar-refractivity contribution in [3.63, 3.8) is 0 Å². The smallest absolute Gasteiger partial charge is 0.00166 e. The van der Waals surface area contributed by atoms with Crippen LogP contribution in [0.3, 0.4) is 0 Å². The van der Waals surface area contributed by atoms with E-state index >= 15 is 0 Å². The van der Waals surface area contributed by atoms with Crippen LogP contribution >= 0.6 is 0 Å². The second-order valence-electron chi connectivity index (χ2n) is 4.33. The summed E-state index contributed by atoms with van der Waals surface area (Å²) in [5.74, 6) is 0. The van der Waals surface area contributed by atoms with Crippen molar-refractivity contribution in [2.24, 2.45) is 0 Å². The lowest BCUT2D eigenvalue weighted by Gasteiger charge is -2.04. The number of hydrogen-bond acceptors (Lipinski definition) is 0. The van der Waals surface area contributed by atoms with Crippen LogP contribution in [0, 0.1) is 6.92 Å². The van der Waals surface area contributed by atoms with Crippen LogP contribution in [-0.4, -0.2) is 0 Å². The standard InChI is InChI=1S/C15H14/c1-11-7-8-15-13(9-11)10-12-5-3-2-4-6-14(12)15/h2-5,7-9H,6,10H2,1H3. The molecule has 2 aliphatic carbocycles. The van der Waals surface area contributed by atoms with E-state index in [-0.39, 0.29) is 0 Å². The van der Waals surface area contributed by atoms with Crippen molar-refractivity contribution in [1.29, 1.82) is 0 Å². The molecule has 0 heteroatoms. The second kappa shape index (κ2) is 3.23. The summed E-state index contributed by atoms with van der Waals surface area (Å²) in [6, 6.07) is 6.81. The average molecular weight is 194 g/mol. The Labute approximate surface area is 90.6 Å². The quantitative estimate of drug-likeness (QED) is 0.589. The number of aryl methyl sites for hydroxylation is 1. The van der Waals surface area contributed by atoms with Crippen LogP contribution in [0.2, 0.25) is 0 Å². The zero-order valence-corrected chi connectivity index (χ0v) is 8.96. The first-order chi connectivity index (χ1) is 7.34. The van der Waals surface area contributed by atoms with Gasteiger partial charge >= 0.3 is 0 Å². The highest BCUT2D eigenvalue weighted by atomic mass is 14.2. The molecule has 0 heterocycles. The van der Waals surface area contributed by atoms with Gasteiger partial charge in [0.15, 0.2) is 0 Å². The monoisotopic (exact) mass is 194 g/mol. The number of fused-ring (bicyclic) bond motifs is 2. The first kappa shape index (κ1) is 8.72. The Bertz CT molecular complexity index is 499. The minimum absolute atomic E-state index is 1.08. The summed E-state index contributed by atoms with van der Waals surface area (Å²) in [7, 11) is 0. The Morgan fingerprint density at radius 1 is 1.13 bits per heavy atom. The Morgan fingerprint density at radius 2 is 2.07 bits per heavy atom. The van der Waals surface area contributed by atoms with Crippen molar-refractivity contribution in [1.82, 2.24) is 0 Å². The van der Waals surface area contributed by atoms with Gasteiger partial charge in [0, 0.05) is 0 Å². The number of hydrogen-bond donors (Lipinski definition) is 0. The Kier molecular flexibility index (Phi) is 1.88. The maximum Gasteiger partial charge on any atom is -0.00166 e. The van der Waals surface area contributed by atoms with E-state index in [1.54, 1.807) is 0 Å². The van der Waals surface area contributed by atoms with Crippen LogP contribution in [-0.2, 0) is 6.42 Å². The van der Waals surface area contributed by atoms with Crippen molar-refractivity contribution in [2.45, 2.75) is 19.8 Å². The molecule has 0 nitrogen and oxygen atoms in total. The molecule has 0 spiro atoms. The molecular formula is C15H14. The van der Waals surface area contributed by atoms with Crippen molar-refractivity contribution in [3.8, 4) is 0 Å². The molecule has 3 rings (SSSR count). The molecular weight excluding hydrogens is 180 g/mol. The van der Waals surface area contributed by atoms with Crippen molar-refractivity contribution in [3.05, 3.63) is 64.8 Å². The molecule has 0 saturated heterocycles. The summed E-state index contributed by atoms with van der Waals surface area (Å²) in [5, 5.41) is 0. The molecule has 0 atom stereocenters. The molecule has 0 unspecified atom stereocenters. The molecule has 0 aromatic heterocycles. The van der Waals surface area contributed by atoms with Crippen LogP contribution in [0.1, 0.15) is 23.1 Å². The van der Waals surface area contributed by atoms with Crippen LogP contribution < -0.4 is 0 Å². The lowest BCUT2D eigenvalue weighted by atomic mass is 10.0. The molecule has 1 aromatic rings. The zero-order valence-electron chi connectivity index (χ0n) is 8.96.